The Hall–Kier alpha value is -3.57. The van der Waals surface area contributed by atoms with E-state index in [2.05, 4.69) is 41.5 Å². The number of amides is 1. The number of likely N-dealkylation sites (tertiary alicyclic amines) is 1. The molecule has 1 aliphatic carbocycles. The van der Waals surface area contributed by atoms with Crippen LogP contribution in [0.5, 0.6) is 0 Å². The van der Waals surface area contributed by atoms with Crippen LogP contribution in [0.3, 0.4) is 0 Å². The van der Waals surface area contributed by atoms with E-state index in [9.17, 15) is 9.90 Å². The third-order valence-electron chi connectivity index (χ3n) is 10.6. The highest BCUT2D eigenvalue weighted by molar-refractivity contribution is 6.31. The Morgan fingerprint density at radius 1 is 1.02 bits per heavy atom. The summed E-state index contributed by atoms with van der Waals surface area (Å²) in [5.41, 5.74) is 4.76. The molecule has 260 valence electrons. The quantitative estimate of drug-likeness (QED) is 0.154. The monoisotopic (exact) mass is 687 g/mol. The lowest BCUT2D eigenvalue weighted by Crippen LogP contribution is -2.57. The van der Waals surface area contributed by atoms with E-state index in [0.717, 1.165) is 48.3 Å². The number of aliphatic hydroxyl groups excluding tert-OH is 1. The predicted octanol–water partition coefficient (Wildman–Crippen LogP) is 7.85. The fraction of sp³-hybridized carbons (Fsp3) is 0.500. The number of anilines is 3. The summed E-state index contributed by atoms with van der Waals surface area (Å²) in [6.45, 7) is 14.3. The molecule has 0 spiro atoms. The lowest BCUT2D eigenvalue weighted by Gasteiger charge is -2.48. The van der Waals surface area contributed by atoms with Gasteiger partial charge in [-0.05, 0) is 110 Å². The van der Waals surface area contributed by atoms with Crippen LogP contribution in [-0.2, 0) is 10.2 Å². The average Bonchev–Trinajstić information content (AvgIpc) is 3.55. The van der Waals surface area contributed by atoms with Crippen molar-refractivity contribution < 1.29 is 14.3 Å². The molecule has 2 aromatic heterocycles. The summed E-state index contributed by atoms with van der Waals surface area (Å²) in [6, 6.07) is 11.6. The lowest BCUT2D eigenvalue weighted by atomic mass is 9.82. The number of aliphatic hydroxyl groups is 1. The summed E-state index contributed by atoms with van der Waals surface area (Å²) in [4.78, 5) is 28.4. The minimum atomic E-state index is -1.08. The maximum Gasteiger partial charge on any atom is 0.237 e. The van der Waals surface area contributed by atoms with Gasteiger partial charge in [-0.2, -0.15) is 0 Å². The van der Waals surface area contributed by atoms with Gasteiger partial charge in [0.25, 0.3) is 0 Å². The lowest BCUT2D eigenvalue weighted by molar-refractivity contribution is -0.123. The fourth-order valence-electron chi connectivity index (χ4n) is 7.75. The van der Waals surface area contributed by atoms with Gasteiger partial charge in [-0.1, -0.05) is 30.2 Å². The number of halogens is 2. The van der Waals surface area contributed by atoms with Crippen molar-refractivity contribution in [1.29, 1.82) is 0 Å². The second-order valence-electron chi connectivity index (χ2n) is 15.1. The minimum Gasteiger partial charge on any atom is -0.374 e. The van der Waals surface area contributed by atoms with Crippen molar-refractivity contribution in [2.45, 2.75) is 109 Å². The van der Waals surface area contributed by atoms with Crippen LogP contribution in [0, 0.1) is 5.82 Å². The van der Waals surface area contributed by atoms with Crippen LogP contribution < -0.4 is 15.5 Å². The van der Waals surface area contributed by atoms with Gasteiger partial charge in [-0.15, -0.1) is 0 Å². The molecule has 7 rings (SSSR count). The standard InChI is InChI=1S/C38H47ClFN7O2/c1-21(2)42-36(48)26-17-31(29(40)18-28(26)39)44-35-34-32(41-20-46(34)22(3)4)19-30(43-35)23-10-11-27-33(14-23)47(37(49)38(27,5)6)25-15-24(16-25)45-12-8-7-9-13-45/h10-11,14,17-22,24-25,36,42,48H,7-9,12-13,15-16H2,1-6H3,(H,43,44). The predicted molar refractivity (Wildman–Crippen MR) is 194 cm³/mol. The van der Waals surface area contributed by atoms with Gasteiger partial charge in [0.15, 0.2) is 5.82 Å². The molecule has 2 aromatic carbocycles. The van der Waals surface area contributed by atoms with E-state index < -0.39 is 17.5 Å². The third-order valence-corrected chi connectivity index (χ3v) is 10.9. The van der Waals surface area contributed by atoms with Gasteiger partial charge in [-0.25, -0.2) is 14.4 Å². The van der Waals surface area contributed by atoms with Crippen molar-refractivity contribution in [3.63, 3.8) is 0 Å². The Morgan fingerprint density at radius 3 is 2.45 bits per heavy atom. The van der Waals surface area contributed by atoms with Gasteiger partial charge >= 0.3 is 0 Å². The zero-order valence-electron chi connectivity index (χ0n) is 29.2. The van der Waals surface area contributed by atoms with E-state index in [0.29, 0.717) is 28.6 Å². The number of nitrogens with one attached hydrogen (secondary N) is 2. The Bertz CT molecular complexity index is 1890. The normalized spacial score (nSPS) is 21.4. The van der Waals surface area contributed by atoms with Crippen molar-refractivity contribution in [2.75, 3.05) is 23.3 Å². The van der Waals surface area contributed by atoms with Gasteiger partial charge in [0.1, 0.15) is 17.6 Å². The van der Waals surface area contributed by atoms with E-state index >= 15 is 4.39 Å². The van der Waals surface area contributed by atoms with Crippen LogP contribution in [0.25, 0.3) is 22.3 Å². The second-order valence-corrected chi connectivity index (χ2v) is 15.5. The number of aromatic nitrogens is 3. The summed E-state index contributed by atoms with van der Waals surface area (Å²) in [5, 5.41) is 17.2. The van der Waals surface area contributed by atoms with E-state index in [1.807, 2.05) is 49.3 Å². The van der Waals surface area contributed by atoms with Crippen molar-refractivity contribution in [1.82, 2.24) is 24.8 Å². The van der Waals surface area contributed by atoms with E-state index in [1.165, 1.54) is 31.4 Å². The number of carbonyl (C=O) groups is 1. The summed E-state index contributed by atoms with van der Waals surface area (Å²) < 4.78 is 17.5. The topological polar surface area (TPSA) is 98.6 Å². The molecule has 3 aliphatic rings. The molecule has 9 nitrogen and oxygen atoms in total. The van der Waals surface area contributed by atoms with Crippen LogP contribution >= 0.6 is 11.6 Å². The maximum atomic E-state index is 15.5. The number of carbonyl (C=O) groups excluding carboxylic acids is 1. The highest BCUT2D eigenvalue weighted by Gasteiger charge is 2.50. The molecule has 1 saturated heterocycles. The maximum absolute atomic E-state index is 15.5. The van der Waals surface area contributed by atoms with Crippen LogP contribution in [0.4, 0.5) is 21.6 Å². The van der Waals surface area contributed by atoms with Crippen LogP contribution in [-0.4, -0.2) is 61.7 Å². The molecular weight excluding hydrogens is 641 g/mol. The number of nitrogens with zero attached hydrogens (tertiary/aromatic N) is 5. The molecule has 49 heavy (non-hydrogen) atoms. The van der Waals surface area contributed by atoms with Gasteiger partial charge in [0, 0.05) is 41.0 Å². The minimum absolute atomic E-state index is 0.0182. The van der Waals surface area contributed by atoms with Crippen LogP contribution in [0.15, 0.2) is 42.7 Å². The van der Waals surface area contributed by atoms with Crippen molar-refractivity contribution in [3.05, 3.63) is 64.7 Å². The first-order valence-corrected chi connectivity index (χ1v) is 18.0. The molecule has 1 amide bonds. The molecule has 2 fully saturated rings. The summed E-state index contributed by atoms with van der Waals surface area (Å²) in [5.74, 6) is -0.000563. The van der Waals surface area contributed by atoms with Gasteiger partial charge < -0.3 is 24.8 Å². The third kappa shape index (κ3) is 6.11. The zero-order chi connectivity index (χ0) is 34.8. The van der Waals surface area contributed by atoms with E-state index in [4.69, 9.17) is 21.6 Å². The Balaban J connectivity index is 1.27. The molecule has 2 aliphatic heterocycles. The molecule has 11 heteroatoms. The fourth-order valence-corrected chi connectivity index (χ4v) is 8.00. The van der Waals surface area contributed by atoms with Crippen molar-refractivity contribution in [3.8, 4) is 11.3 Å². The molecule has 4 aromatic rings. The zero-order valence-corrected chi connectivity index (χ0v) is 30.0. The summed E-state index contributed by atoms with van der Waals surface area (Å²) in [7, 11) is 0. The molecule has 1 unspecified atom stereocenters. The van der Waals surface area contributed by atoms with Crippen molar-refractivity contribution in [2.24, 2.45) is 0 Å². The number of piperidine rings is 1. The molecular formula is C38H47ClFN7O2. The van der Waals surface area contributed by atoms with Crippen LogP contribution in [0.1, 0.15) is 97.0 Å². The molecule has 3 N–H and O–H groups in total. The molecule has 0 bridgehead atoms. The first-order valence-electron chi connectivity index (χ1n) is 17.6. The van der Waals surface area contributed by atoms with Crippen molar-refractivity contribution >= 4 is 45.7 Å². The van der Waals surface area contributed by atoms with Gasteiger partial charge in [0.2, 0.25) is 5.91 Å². The van der Waals surface area contributed by atoms with E-state index in [-0.39, 0.29) is 34.7 Å². The molecule has 4 heterocycles. The molecule has 1 saturated carbocycles. The first kappa shape index (κ1) is 33.9. The largest absolute Gasteiger partial charge is 0.374 e. The SMILES string of the molecule is CC(C)NC(O)c1cc(Nc2nc(-c3ccc4c(c3)N(C3CC(N5CCCCC5)C3)C(=O)C4(C)C)cc3ncn(C(C)C)c23)c(F)cc1Cl. The molecule has 1 atom stereocenters. The van der Waals surface area contributed by atoms with Crippen LogP contribution in [0.2, 0.25) is 5.02 Å². The second kappa shape index (κ2) is 13.0. The highest BCUT2D eigenvalue weighted by atomic mass is 35.5. The summed E-state index contributed by atoms with van der Waals surface area (Å²) in [6.07, 6.45) is 6.50. The number of benzene rings is 2. The number of hydrogen-bond acceptors (Lipinski definition) is 7. The number of imidazole rings is 1. The molecule has 0 radical (unpaired) electrons. The Kier molecular flexibility index (Phi) is 8.96. The first-order chi connectivity index (χ1) is 23.3. The Labute approximate surface area is 292 Å². The van der Waals surface area contributed by atoms with Gasteiger partial charge in [-0.3, -0.25) is 10.1 Å². The summed E-state index contributed by atoms with van der Waals surface area (Å²) >= 11 is 6.38. The Morgan fingerprint density at radius 2 is 1.76 bits per heavy atom. The average molecular weight is 688 g/mol. The number of hydrogen-bond donors (Lipinski definition) is 3. The van der Waals surface area contributed by atoms with E-state index in [1.54, 1.807) is 6.33 Å². The number of fused-ring (bicyclic) bond motifs is 2. The highest BCUT2D eigenvalue weighted by Crippen LogP contribution is 2.48. The smallest absolute Gasteiger partial charge is 0.237 e. The van der Waals surface area contributed by atoms with Gasteiger partial charge in [0.05, 0.1) is 33.7 Å². The number of rotatable bonds is 9. The number of pyridine rings is 1.